The van der Waals surface area contributed by atoms with Crippen molar-refractivity contribution in [2.24, 2.45) is 10.1 Å². The summed E-state index contributed by atoms with van der Waals surface area (Å²) in [6.45, 7) is 1.51. The van der Waals surface area contributed by atoms with E-state index >= 15 is 0 Å². The van der Waals surface area contributed by atoms with Crippen LogP contribution in [-0.2, 0) is 30.4 Å². The number of anilines is 3. The number of carboxylic acid groups (broad SMARTS) is 1. The van der Waals surface area contributed by atoms with E-state index in [0.717, 1.165) is 6.07 Å². The molecule has 0 radical (unpaired) electrons. The molecule has 3 N–H and O–H groups in total. The third-order valence-corrected chi connectivity index (χ3v) is 12.2. The molecule has 0 saturated carbocycles. The van der Waals surface area contributed by atoms with Crippen molar-refractivity contribution in [2.75, 3.05) is 10.7 Å². The van der Waals surface area contributed by atoms with E-state index < -0.39 is 85.6 Å². The third-order valence-electron chi connectivity index (χ3n) is 8.28. The van der Waals surface area contributed by atoms with E-state index in [1.807, 2.05) is 0 Å². The van der Waals surface area contributed by atoms with Gasteiger partial charge in [0.2, 0.25) is 22.6 Å². The van der Waals surface area contributed by atoms with Crippen molar-refractivity contribution >= 4 is 110 Å². The van der Waals surface area contributed by atoms with Gasteiger partial charge < -0.3 is 28.9 Å². The Bertz CT molecular complexity index is 3300. The van der Waals surface area contributed by atoms with Crippen LogP contribution in [0.25, 0.3) is 26.9 Å². The second-order valence-electron chi connectivity index (χ2n) is 12.2. The summed E-state index contributed by atoms with van der Waals surface area (Å²) < 4.78 is 109. The normalized spacial score (nSPS) is 13.4. The van der Waals surface area contributed by atoms with Gasteiger partial charge in [0.15, 0.2) is 0 Å². The molecule has 6 aromatic rings. The SMILES string of the molecule is Cc1cc2sc(-c3ccc(Nc4nc(Cl)[nH]c(=Nc5cc(S(=O)(=O)[O-])cc6c5C(=O)/C(=N\Nc5ccccc5C(=O)[O-])C(S(=O)(=O)[O-])=C6)n4)cc3)nc2cc1S(=O)(=O)[O-].[Na+].[Na+].[Na+].[Na+]. The average molecular weight is 987 g/mol. The second kappa shape index (κ2) is 21.6. The monoisotopic (exact) mass is 986 g/mol. The molecule has 20 nitrogen and oxygen atoms in total. The number of aromatic carboxylic acids is 1. The molecule has 0 bridgehead atoms. The van der Waals surface area contributed by atoms with Gasteiger partial charge in [0.1, 0.15) is 41.1 Å². The Hall–Kier alpha value is -2.25. The number of Topliss-reactive ketones (excluding diaryl/α,β-unsaturated/α-hetero) is 1. The summed E-state index contributed by atoms with van der Waals surface area (Å²) >= 11 is 7.48. The molecule has 2 heterocycles. The Morgan fingerprint density at radius 2 is 1.51 bits per heavy atom. The van der Waals surface area contributed by atoms with Crippen LogP contribution in [0.4, 0.5) is 23.0 Å². The number of carbonyl (C=O) groups is 2. The van der Waals surface area contributed by atoms with Gasteiger partial charge in [-0.3, -0.25) is 15.2 Å². The van der Waals surface area contributed by atoms with Crippen LogP contribution >= 0.6 is 22.9 Å². The van der Waals surface area contributed by atoms with Crippen LogP contribution in [0.1, 0.15) is 31.8 Å². The largest absolute Gasteiger partial charge is 1.00 e. The van der Waals surface area contributed by atoms with Crippen molar-refractivity contribution < 1.29 is 172 Å². The predicted molar refractivity (Wildman–Crippen MR) is 206 cm³/mol. The molecular formula is C34H19ClN8Na4O12S4. The number of nitrogens with one attached hydrogen (secondary N) is 3. The fourth-order valence-corrected chi connectivity index (χ4v) is 8.79. The van der Waals surface area contributed by atoms with Crippen molar-refractivity contribution in [3.63, 3.8) is 0 Å². The van der Waals surface area contributed by atoms with Crippen LogP contribution in [0, 0.1) is 6.92 Å². The summed E-state index contributed by atoms with van der Waals surface area (Å²) in [7, 11) is -15.5. The molecule has 4 aromatic carbocycles. The standard InChI is InChI=1S/C34H23ClN8O12S4.4Na/c1-15-10-24-22(14-25(15)58(50,51)52)37-30(56-24)16-6-8-18(9-7-16)36-33-39-32(35)40-34(41-33)38-23-13-19(57(47,48)49)11-17-12-26(59(53,54)55)28(29(44)27(17)23)43-42-21-5-3-2-4-20(21)31(45)46;;;;/h2-14,42H,1H3,(H,45,46)(H,47,48,49)(H,50,51,52)(H,53,54,55)(H2,36,38,39,40,41);;;;/q;4*+1/p-4/b43-28-;;;;. The molecule has 1 aliphatic carbocycles. The quantitative estimate of drug-likeness (QED) is 0.0652. The molecule has 7 rings (SSSR count). The van der Waals surface area contributed by atoms with Gasteiger partial charge in [-0.1, -0.05) is 18.2 Å². The van der Waals surface area contributed by atoms with Gasteiger partial charge in [0.25, 0.3) is 0 Å². The average Bonchev–Trinajstić information content (AvgIpc) is 3.55. The number of benzene rings is 4. The molecule has 0 spiro atoms. The molecule has 0 atom stereocenters. The topological polar surface area (TPSA) is 332 Å². The number of carboxylic acids is 1. The summed E-state index contributed by atoms with van der Waals surface area (Å²) in [5.41, 5.74) is 0.0916. The molecule has 0 unspecified atom stereocenters. The Morgan fingerprint density at radius 3 is 2.13 bits per heavy atom. The number of para-hydroxylation sites is 1. The van der Waals surface area contributed by atoms with Crippen molar-refractivity contribution in [1.82, 2.24) is 19.9 Å². The first-order valence-electron chi connectivity index (χ1n) is 16.1. The second-order valence-corrected chi connectivity index (χ2v) is 17.7. The number of carbonyl (C=O) groups excluding carboxylic acids is 2. The van der Waals surface area contributed by atoms with Gasteiger partial charge in [-0.25, -0.2) is 35.2 Å². The number of aromatic nitrogens is 4. The number of thiazole rings is 1. The molecule has 2 aromatic heterocycles. The summed E-state index contributed by atoms with van der Waals surface area (Å²) in [6, 6.07) is 15.8. The fourth-order valence-electron chi connectivity index (χ4n) is 5.69. The molecule has 63 heavy (non-hydrogen) atoms. The van der Waals surface area contributed by atoms with Crippen LogP contribution in [0.15, 0.2) is 97.6 Å². The van der Waals surface area contributed by atoms with Crippen LogP contribution in [0.5, 0.6) is 0 Å². The zero-order valence-corrected chi connectivity index (χ0v) is 45.2. The molecule has 1 aliphatic rings. The first-order chi connectivity index (χ1) is 27.7. The number of aryl methyl sites for hydroxylation is 1. The molecule has 302 valence electrons. The maximum absolute atomic E-state index is 14.0. The van der Waals surface area contributed by atoms with Crippen molar-refractivity contribution in [1.29, 1.82) is 0 Å². The van der Waals surface area contributed by atoms with E-state index in [-0.39, 0.29) is 146 Å². The van der Waals surface area contributed by atoms with E-state index in [1.165, 1.54) is 42.5 Å². The number of H-pyrrole nitrogens is 1. The minimum absolute atomic E-state index is 0. The Kier molecular flexibility index (Phi) is 18.9. The number of hydrogen-bond donors (Lipinski definition) is 3. The smallest absolute Gasteiger partial charge is 0.744 e. The van der Waals surface area contributed by atoms with Gasteiger partial charge >= 0.3 is 118 Å². The number of fused-ring (bicyclic) bond motifs is 2. The first-order valence-corrected chi connectivity index (χ1v) is 21.5. The first kappa shape index (κ1) is 55.1. The van der Waals surface area contributed by atoms with Gasteiger partial charge in [-0.15, -0.1) is 11.3 Å². The van der Waals surface area contributed by atoms with E-state index in [9.17, 15) is 53.6 Å². The van der Waals surface area contributed by atoms with Crippen molar-refractivity contribution in [3.05, 3.63) is 111 Å². The van der Waals surface area contributed by atoms with Gasteiger partial charge in [0.05, 0.1) is 47.8 Å². The third kappa shape index (κ3) is 12.6. The van der Waals surface area contributed by atoms with Gasteiger partial charge in [-0.05, 0) is 90.3 Å². The predicted octanol–water partition coefficient (Wildman–Crippen LogP) is -9.24. The number of hydrazone groups is 1. The van der Waals surface area contributed by atoms with Gasteiger partial charge in [-0.2, -0.15) is 15.1 Å². The van der Waals surface area contributed by atoms with E-state index in [1.54, 1.807) is 30.3 Å². The van der Waals surface area contributed by atoms with E-state index in [2.05, 4.69) is 40.8 Å². The molecule has 0 fully saturated rings. The molecule has 29 heteroatoms. The zero-order chi connectivity index (χ0) is 42.6. The Balaban J connectivity index is 0.00000264. The van der Waals surface area contributed by atoms with Crippen molar-refractivity contribution in [3.8, 4) is 10.6 Å². The minimum atomic E-state index is -5.53. The number of allylic oxidation sites excluding steroid dienone is 1. The maximum Gasteiger partial charge on any atom is 1.00 e. The number of rotatable bonds is 10. The van der Waals surface area contributed by atoms with Crippen molar-refractivity contribution in [2.45, 2.75) is 16.7 Å². The number of halogens is 1. The minimum Gasteiger partial charge on any atom is -0.744 e. The Labute approximate surface area is 454 Å². The summed E-state index contributed by atoms with van der Waals surface area (Å²) in [5, 5.41) is 18.4. The number of nitrogens with zero attached hydrogens (tertiary/aromatic N) is 5. The van der Waals surface area contributed by atoms with Crippen LogP contribution in [-0.4, -0.2) is 76.3 Å². The Morgan fingerprint density at radius 1 is 0.841 bits per heavy atom. The molecule has 0 aliphatic heterocycles. The summed E-state index contributed by atoms with van der Waals surface area (Å²) in [5.74, 6) is -3.15. The molecule has 0 amide bonds. The van der Waals surface area contributed by atoms with Crippen LogP contribution in [0.2, 0.25) is 5.28 Å². The van der Waals surface area contributed by atoms with Gasteiger partial charge in [0, 0.05) is 16.8 Å². The number of ketones is 1. The van der Waals surface area contributed by atoms with Crippen LogP contribution in [0.3, 0.4) is 0 Å². The number of aromatic amines is 1. The zero-order valence-electron chi connectivity index (χ0n) is 33.2. The van der Waals surface area contributed by atoms with E-state index in [4.69, 9.17) is 11.6 Å². The summed E-state index contributed by atoms with van der Waals surface area (Å²) in [4.78, 5) is 42.3. The molecular weight excluding hydrogens is 968 g/mol. The van der Waals surface area contributed by atoms with E-state index in [0.29, 0.717) is 44.7 Å². The van der Waals surface area contributed by atoms with Crippen LogP contribution < -0.4 is 140 Å². The summed E-state index contributed by atoms with van der Waals surface area (Å²) in [6.07, 6.45) is 0.606. The fraction of sp³-hybridized carbons (Fsp3) is 0.0294. The maximum atomic E-state index is 14.0. The molecule has 0 saturated heterocycles. The number of hydrogen-bond acceptors (Lipinski definition) is 20.